The lowest BCUT2D eigenvalue weighted by atomic mass is 9.85. The van der Waals surface area contributed by atoms with Crippen LogP contribution in [0.2, 0.25) is 0 Å². The Labute approximate surface area is 188 Å². The van der Waals surface area contributed by atoms with E-state index in [-0.39, 0.29) is 13.0 Å². The SMILES string of the molecule is CC.C[C@H]1[C@H](O)[C@@H](CO)OC(Cc2ccc(CC3O[C@H](CO)[C@@H](O)[C@H](O)[C@@H]3O)cc2)[C@H]1O. The lowest BCUT2D eigenvalue weighted by molar-refractivity contribution is -0.228. The molecule has 0 aliphatic carbocycles. The smallest absolute Gasteiger partial charge is 0.111 e. The van der Waals surface area contributed by atoms with Gasteiger partial charge in [-0.15, -0.1) is 0 Å². The minimum atomic E-state index is -1.40. The fourth-order valence-corrected chi connectivity index (χ4v) is 4.21. The molecule has 1 aromatic carbocycles. The molecule has 0 radical (unpaired) electrons. The molecule has 2 aliphatic rings. The fourth-order valence-electron chi connectivity index (χ4n) is 4.21. The van der Waals surface area contributed by atoms with Crippen LogP contribution in [-0.4, -0.2) is 104 Å². The Morgan fingerprint density at radius 1 is 0.594 bits per heavy atom. The first-order valence-corrected chi connectivity index (χ1v) is 11.3. The molecule has 0 saturated carbocycles. The summed E-state index contributed by atoms with van der Waals surface area (Å²) < 4.78 is 11.2. The van der Waals surface area contributed by atoms with E-state index in [1.165, 1.54) is 0 Å². The average molecular weight is 459 g/mol. The third-order valence-corrected chi connectivity index (χ3v) is 6.26. The number of aliphatic hydroxyl groups excluding tert-OH is 7. The molecule has 9 nitrogen and oxygen atoms in total. The second kappa shape index (κ2) is 12.4. The molecular formula is C23H38O9. The Morgan fingerprint density at radius 3 is 1.38 bits per heavy atom. The van der Waals surface area contributed by atoms with Crippen LogP contribution in [0, 0.1) is 5.92 Å². The van der Waals surface area contributed by atoms with Crippen LogP contribution in [0.1, 0.15) is 31.9 Å². The van der Waals surface area contributed by atoms with E-state index in [1.54, 1.807) is 6.92 Å². The van der Waals surface area contributed by atoms with Gasteiger partial charge in [0.2, 0.25) is 0 Å². The van der Waals surface area contributed by atoms with E-state index < -0.39 is 67.5 Å². The first-order chi connectivity index (χ1) is 15.3. The minimum absolute atomic E-state index is 0.278. The fraction of sp³-hybridized carbons (Fsp3) is 0.739. The van der Waals surface area contributed by atoms with E-state index in [2.05, 4.69) is 0 Å². The molecule has 10 atom stereocenters. The summed E-state index contributed by atoms with van der Waals surface area (Å²) in [6.07, 6.45) is -8.19. The third kappa shape index (κ3) is 6.05. The van der Waals surface area contributed by atoms with Gasteiger partial charge in [-0.1, -0.05) is 45.0 Å². The molecule has 184 valence electrons. The molecule has 32 heavy (non-hydrogen) atoms. The van der Waals surface area contributed by atoms with Gasteiger partial charge < -0.3 is 45.2 Å². The van der Waals surface area contributed by atoms with Crippen molar-refractivity contribution < 1.29 is 45.2 Å². The van der Waals surface area contributed by atoms with E-state index in [4.69, 9.17) is 9.47 Å². The first kappa shape index (κ1) is 27.1. The zero-order valence-electron chi connectivity index (χ0n) is 18.9. The quantitative estimate of drug-likeness (QED) is 0.277. The summed E-state index contributed by atoms with van der Waals surface area (Å²) >= 11 is 0. The van der Waals surface area contributed by atoms with Crippen molar-refractivity contribution in [3.05, 3.63) is 35.4 Å². The Kier molecular flexibility index (Phi) is 10.5. The van der Waals surface area contributed by atoms with E-state index in [0.717, 1.165) is 11.1 Å². The molecule has 2 aliphatic heterocycles. The van der Waals surface area contributed by atoms with Crippen LogP contribution in [0.15, 0.2) is 24.3 Å². The third-order valence-electron chi connectivity index (χ3n) is 6.26. The maximum absolute atomic E-state index is 10.4. The topological polar surface area (TPSA) is 160 Å². The van der Waals surface area contributed by atoms with Crippen molar-refractivity contribution in [1.82, 2.24) is 0 Å². The van der Waals surface area contributed by atoms with Crippen molar-refractivity contribution >= 4 is 0 Å². The largest absolute Gasteiger partial charge is 0.394 e. The van der Waals surface area contributed by atoms with E-state index >= 15 is 0 Å². The molecule has 0 spiro atoms. The van der Waals surface area contributed by atoms with Crippen molar-refractivity contribution in [2.24, 2.45) is 5.92 Å². The van der Waals surface area contributed by atoms with Crippen LogP contribution < -0.4 is 0 Å². The van der Waals surface area contributed by atoms with Crippen molar-refractivity contribution in [2.45, 2.75) is 88.5 Å². The lowest BCUT2D eigenvalue weighted by Crippen LogP contribution is -2.59. The first-order valence-electron chi connectivity index (χ1n) is 11.3. The summed E-state index contributed by atoms with van der Waals surface area (Å²) in [6, 6.07) is 7.35. The molecule has 0 aromatic heterocycles. The Hall–Kier alpha value is -1.14. The predicted octanol–water partition coefficient (Wildman–Crippen LogP) is -1.24. The van der Waals surface area contributed by atoms with Crippen LogP contribution in [-0.2, 0) is 22.3 Å². The van der Waals surface area contributed by atoms with Crippen LogP contribution in [0.4, 0.5) is 0 Å². The highest BCUT2D eigenvalue weighted by molar-refractivity contribution is 5.24. The summed E-state index contributed by atoms with van der Waals surface area (Å²) in [7, 11) is 0. The van der Waals surface area contributed by atoms with Crippen molar-refractivity contribution in [3.8, 4) is 0 Å². The van der Waals surface area contributed by atoms with Crippen LogP contribution in [0.5, 0.6) is 0 Å². The second-order valence-electron chi connectivity index (χ2n) is 8.33. The Morgan fingerprint density at radius 2 is 0.938 bits per heavy atom. The van der Waals surface area contributed by atoms with Crippen LogP contribution in [0.25, 0.3) is 0 Å². The molecule has 2 fully saturated rings. The van der Waals surface area contributed by atoms with Gasteiger partial charge in [-0.3, -0.25) is 0 Å². The summed E-state index contributed by atoms with van der Waals surface area (Å²) in [5, 5.41) is 69.1. The number of rotatable bonds is 6. The zero-order valence-corrected chi connectivity index (χ0v) is 18.9. The van der Waals surface area contributed by atoms with Crippen molar-refractivity contribution in [3.63, 3.8) is 0 Å². The standard InChI is InChI=1S/C21H32O9.C2H6/c1-10-17(24)13(29-15(8-22)18(10)25)6-11-2-4-12(5-3-11)7-14-19(26)21(28)20(27)16(9-23)30-14;1-2/h2-5,10,13-28H,6-9H2,1H3;1-2H3/t10-,13?,14?,15-,16-,17+,18+,19-,20-,21-;/m1./s1. The summed E-state index contributed by atoms with van der Waals surface area (Å²) in [5.74, 6) is -0.425. The predicted molar refractivity (Wildman–Crippen MR) is 116 cm³/mol. The number of aliphatic hydroxyl groups is 7. The van der Waals surface area contributed by atoms with E-state index in [9.17, 15) is 35.7 Å². The maximum Gasteiger partial charge on any atom is 0.111 e. The molecule has 9 heteroatoms. The average Bonchev–Trinajstić information content (AvgIpc) is 2.82. The maximum atomic E-state index is 10.4. The molecule has 2 saturated heterocycles. The van der Waals surface area contributed by atoms with Gasteiger partial charge in [-0.2, -0.15) is 0 Å². The Balaban J connectivity index is 0.00000176. The van der Waals surface area contributed by atoms with Gasteiger partial charge in [0.15, 0.2) is 0 Å². The van der Waals surface area contributed by atoms with Crippen molar-refractivity contribution in [2.75, 3.05) is 13.2 Å². The van der Waals surface area contributed by atoms with Crippen LogP contribution in [0.3, 0.4) is 0 Å². The number of hydrogen-bond donors (Lipinski definition) is 7. The highest BCUT2D eigenvalue weighted by atomic mass is 16.5. The Bertz CT molecular complexity index is 609. The van der Waals surface area contributed by atoms with E-state index in [0.29, 0.717) is 6.42 Å². The molecule has 0 amide bonds. The monoisotopic (exact) mass is 458 g/mol. The molecular weight excluding hydrogens is 420 g/mol. The zero-order chi connectivity index (χ0) is 24.0. The molecule has 0 bridgehead atoms. The van der Waals surface area contributed by atoms with Gasteiger partial charge in [0.25, 0.3) is 0 Å². The number of hydrogen-bond acceptors (Lipinski definition) is 9. The van der Waals surface area contributed by atoms with Crippen molar-refractivity contribution in [1.29, 1.82) is 0 Å². The van der Waals surface area contributed by atoms with Gasteiger partial charge in [0, 0.05) is 18.8 Å². The second-order valence-corrected chi connectivity index (χ2v) is 8.33. The van der Waals surface area contributed by atoms with Gasteiger partial charge in [-0.25, -0.2) is 0 Å². The molecule has 3 rings (SSSR count). The van der Waals surface area contributed by atoms with Gasteiger partial charge in [-0.05, 0) is 11.1 Å². The summed E-state index contributed by atoms with van der Waals surface area (Å²) in [6.45, 7) is 4.93. The molecule has 7 N–H and O–H groups in total. The molecule has 2 heterocycles. The summed E-state index contributed by atoms with van der Waals surface area (Å²) in [4.78, 5) is 0. The number of ether oxygens (including phenoxy) is 2. The normalized spacial score (nSPS) is 39.8. The lowest BCUT2D eigenvalue weighted by Gasteiger charge is -2.41. The number of benzene rings is 1. The molecule has 1 aromatic rings. The highest BCUT2D eigenvalue weighted by Gasteiger charge is 2.43. The van der Waals surface area contributed by atoms with Gasteiger partial charge in [0.05, 0.1) is 37.6 Å². The van der Waals surface area contributed by atoms with Gasteiger partial charge >= 0.3 is 0 Å². The molecule has 2 unspecified atom stereocenters. The highest BCUT2D eigenvalue weighted by Crippen LogP contribution is 2.28. The minimum Gasteiger partial charge on any atom is -0.394 e. The van der Waals surface area contributed by atoms with E-state index in [1.807, 2.05) is 38.1 Å². The van der Waals surface area contributed by atoms with Gasteiger partial charge in [0.1, 0.15) is 30.5 Å². The summed E-state index contributed by atoms with van der Waals surface area (Å²) in [5.41, 5.74) is 1.71. The van der Waals surface area contributed by atoms with Crippen LogP contribution >= 0.6 is 0 Å².